The van der Waals surface area contributed by atoms with Crippen molar-refractivity contribution in [1.82, 2.24) is 0 Å². The van der Waals surface area contributed by atoms with Crippen molar-refractivity contribution in [1.29, 1.82) is 0 Å². The van der Waals surface area contributed by atoms with Gasteiger partial charge >= 0.3 is 5.97 Å². The number of benzene rings is 1. The molecule has 0 fully saturated rings. The van der Waals surface area contributed by atoms with Crippen LogP contribution in [0.15, 0.2) is 18.2 Å². The number of carboxylic acids is 1. The van der Waals surface area contributed by atoms with Crippen LogP contribution in [-0.4, -0.2) is 30.4 Å². The van der Waals surface area contributed by atoms with E-state index < -0.39 is 5.97 Å². The molecule has 0 radical (unpaired) electrons. The highest BCUT2D eigenvalue weighted by atomic mass is 35.5. The molecule has 0 spiro atoms. The lowest BCUT2D eigenvalue weighted by atomic mass is 10.1. The van der Waals surface area contributed by atoms with Gasteiger partial charge < -0.3 is 14.6 Å². The van der Waals surface area contributed by atoms with Crippen LogP contribution in [0.1, 0.15) is 30.6 Å². The molecule has 0 bridgehead atoms. The average Bonchev–Trinajstić information content (AvgIpc) is 2.30. The van der Waals surface area contributed by atoms with Gasteiger partial charge in [0.15, 0.2) is 5.75 Å². The standard InChI is InChI=1S/C13H17ClO4/c1-13(2,17-3)7-8-18-11-9(12(15)16)5-4-6-10(11)14/h4-6H,7-8H2,1-3H3,(H,15,16). The number of hydrogen-bond donors (Lipinski definition) is 1. The van der Waals surface area contributed by atoms with Gasteiger partial charge in [-0.05, 0) is 26.0 Å². The number of halogens is 1. The van der Waals surface area contributed by atoms with Crippen molar-refractivity contribution in [2.24, 2.45) is 0 Å². The number of aromatic carboxylic acids is 1. The van der Waals surface area contributed by atoms with Crippen molar-refractivity contribution < 1.29 is 19.4 Å². The van der Waals surface area contributed by atoms with E-state index in [1.165, 1.54) is 6.07 Å². The molecule has 1 aromatic rings. The second-order valence-electron chi connectivity index (χ2n) is 4.48. The van der Waals surface area contributed by atoms with Gasteiger partial charge in [-0.1, -0.05) is 17.7 Å². The first-order valence-corrected chi connectivity index (χ1v) is 5.95. The fraction of sp³-hybridized carbons (Fsp3) is 0.462. The van der Waals surface area contributed by atoms with E-state index in [9.17, 15) is 4.79 Å². The van der Waals surface area contributed by atoms with E-state index in [1.807, 2.05) is 13.8 Å². The maximum atomic E-state index is 11.0. The Morgan fingerprint density at radius 2 is 2.11 bits per heavy atom. The van der Waals surface area contributed by atoms with Crippen molar-refractivity contribution in [3.63, 3.8) is 0 Å². The van der Waals surface area contributed by atoms with E-state index in [0.29, 0.717) is 18.1 Å². The molecule has 5 heteroatoms. The molecule has 1 N–H and O–H groups in total. The zero-order valence-electron chi connectivity index (χ0n) is 10.7. The van der Waals surface area contributed by atoms with Crippen molar-refractivity contribution in [2.45, 2.75) is 25.9 Å². The smallest absolute Gasteiger partial charge is 0.339 e. The van der Waals surface area contributed by atoms with Gasteiger partial charge in [0, 0.05) is 13.5 Å². The Morgan fingerprint density at radius 1 is 1.44 bits per heavy atom. The van der Waals surface area contributed by atoms with Crippen LogP contribution in [0.4, 0.5) is 0 Å². The molecule has 0 aromatic heterocycles. The Balaban J connectivity index is 2.76. The van der Waals surface area contributed by atoms with Crippen LogP contribution < -0.4 is 4.74 Å². The molecule has 18 heavy (non-hydrogen) atoms. The minimum Gasteiger partial charge on any atom is -0.491 e. The molecule has 0 unspecified atom stereocenters. The first kappa shape index (κ1) is 14.8. The zero-order chi connectivity index (χ0) is 13.8. The Bertz CT molecular complexity index is 429. The summed E-state index contributed by atoms with van der Waals surface area (Å²) >= 11 is 5.94. The highest BCUT2D eigenvalue weighted by Crippen LogP contribution is 2.29. The van der Waals surface area contributed by atoms with Crippen LogP contribution in [0.2, 0.25) is 5.02 Å². The summed E-state index contributed by atoms with van der Waals surface area (Å²) in [6.45, 7) is 4.20. The zero-order valence-corrected chi connectivity index (χ0v) is 11.5. The lowest BCUT2D eigenvalue weighted by Gasteiger charge is -2.23. The van der Waals surface area contributed by atoms with Gasteiger partial charge in [0.25, 0.3) is 0 Å². The van der Waals surface area contributed by atoms with Crippen LogP contribution in [0.5, 0.6) is 5.75 Å². The molecule has 0 aliphatic carbocycles. The molecule has 0 heterocycles. The summed E-state index contributed by atoms with van der Waals surface area (Å²) in [4.78, 5) is 11.0. The summed E-state index contributed by atoms with van der Waals surface area (Å²) < 4.78 is 10.7. The number of hydrogen-bond acceptors (Lipinski definition) is 3. The predicted molar refractivity (Wildman–Crippen MR) is 69.6 cm³/mol. The van der Waals surface area contributed by atoms with Gasteiger partial charge in [-0.25, -0.2) is 4.79 Å². The number of ether oxygens (including phenoxy) is 2. The molecular formula is C13H17ClO4. The van der Waals surface area contributed by atoms with Crippen LogP contribution >= 0.6 is 11.6 Å². The number of methoxy groups -OCH3 is 1. The number of para-hydroxylation sites is 1. The first-order chi connectivity index (χ1) is 8.37. The Labute approximate surface area is 111 Å². The highest BCUT2D eigenvalue weighted by molar-refractivity contribution is 6.32. The Morgan fingerprint density at radius 3 is 2.67 bits per heavy atom. The van der Waals surface area contributed by atoms with E-state index in [4.69, 9.17) is 26.2 Å². The third-order valence-electron chi connectivity index (χ3n) is 2.70. The molecular weight excluding hydrogens is 256 g/mol. The van der Waals surface area contributed by atoms with Crippen LogP contribution in [0.25, 0.3) is 0 Å². The van der Waals surface area contributed by atoms with Crippen LogP contribution in [0.3, 0.4) is 0 Å². The minimum atomic E-state index is -1.06. The number of carboxylic acid groups (broad SMARTS) is 1. The topological polar surface area (TPSA) is 55.8 Å². The van der Waals surface area contributed by atoms with E-state index in [-0.39, 0.29) is 16.9 Å². The maximum Gasteiger partial charge on any atom is 0.339 e. The second kappa shape index (κ2) is 6.07. The summed E-state index contributed by atoms with van der Waals surface area (Å²) in [6, 6.07) is 4.65. The Hall–Kier alpha value is -1.26. The third-order valence-corrected chi connectivity index (χ3v) is 3.00. The van der Waals surface area contributed by atoms with Crippen molar-refractivity contribution in [3.05, 3.63) is 28.8 Å². The molecule has 4 nitrogen and oxygen atoms in total. The normalized spacial score (nSPS) is 11.3. The van der Waals surface area contributed by atoms with Crippen LogP contribution in [0, 0.1) is 0 Å². The molecule has 100 valence electrons. The largest absolute Gasteiger partial charge is 0.491 e. The van der Waals surface area contributed by atoms with Crippen molar-refractivity contribution >= 4 is 17.6 Å². The fourth-order valence-electron chi connectivity index (χ4n) is 1.32. The molecule has 1 rings (SSSR count). The van der Waals surface area contributed by atoms with Gasteiger partial charge in [0.05, 0.1) is 17.2 Å². The SMILES string of the molecule is COC(C)(C)CCOc1c(Cl)cccc1C(=O)O. The van der Waals surface area contributed by atoms with Gasteiger partial charge in [-0.15, -0.1) is 0 Å². The first-order valence-electron chi connectivity index (χ1n) is 5.57. The molecule has 0 atom stereocenters. The summed E-state index contributed by atoms with van der Waals surface area (Å²) in [6.07, 6.45) is 0.633. The van der Waals surface area contributed by atoms with Gasteiger partial charge in [-0.3, -0.25) is 0 Å². The fourth-order valence-corrected chi connectivity index (χ4v) is 1.55. The second-order valence-corrected chi connectivity index (χ2v) is 4.89. The van der Waals surface area contributed by atoms with E-state index in [2.05, 4.69) is 0 Å². The summed E-state index contributed by atoms with van der Waals surface area (Å²) in [5.41, 5.74) is -0.248. The lowest BCUT2D eigenvalue weighted by molar-refractivity contribution is 0.00538. The van der Waals surface area contributed by atoms with E-state index in [1.54, 1.807) is 19.2 Å². The average molecular weight is 273 g/mol. The monoisotopic (exact) mass is 272 g/mol. The number of carbonyl (C=O) groups is 1. The third kappa shape index (κ3) is 3.89. The quantitative estimate of drug-likeness (QED) is 0.864. The molecule has 0 saturated heterocycles. The van der Waals surface area contributed by atoms with E-state index >= 15 is 0 Å². The predicted octanol–water partition coefficient (Wildman–Crippen LogP) is 3.23. The molecule has 0 aliphatic heterocycles. The minimum absolute atomic E-state index is 0.0673. The molecule has 0 amide bonds. The molecule has 1 aromatic carbocycles. The van der Waals surface area contributed by atoms with Gasteiger partial charge in [0.1, 0.15) is 5.56 Å². The highest BCUT2D eigenvalue weighted by Gasteiger charge is 2.18. The van der Waals surface area contributed by atoms with Gasteiger partial charge in [-0.2, -0.15) is 0 Å². The summed E-state index contributed by atoms with van der Waals surface area (Å²) in [7, 11) is 1.62. The maximum absolute atomic E-state index is 11.0. The van der Waals surface area contributed by atoms with Crippen molar-refractivity contribution in [3.8, 4) is 5.75 Å². The molecule has 0 saturated carbocycles. The van der Waals surface area contributed by atoms with Gasteiger partial charge in [0.2, 0.25) is 0 Å². The number of rotatable bonds is 6. The Kier molecular flexibility index (Phi) is 4.99. The molecule has 0 aliphatic rings. The lowest BCUT2D eigenvalue weighted by Crippen LogP contribution is -2.25. The summed E-state index contributed by atoms with van der Waals surface area (Å²) in [5.74, 6) is -0.850. The summed E-state index contributed by atoms with van der Waals surface area (Å²) in [5, 5.41) is 9.33. The van der Waals surface area contributed by atoms with Crippen LogP contribution in [-0.2, 0) is 4.74 Å². The van der Waals surface area contributed by atoms with E-state index in [0.717, 1.165) is 0 Å². The van der Waals surface area contributed by atoms with Crippen molar-refractivity contribution in [2.75, 3.05) is 13.7 Å².